The third-order valence-corrected chi connectivity index (χ3v) is 5.78. The second kappa shape index (κ2) is 7.10. The Morgan fingerprint density at radius 2 is 1.90 bits per heavy atom. The lowest BCUT2D eigenvalue weighted by molar-refractivity contribution is -0.114. The molecule has 0 amide bonds. The van der Waals surface area contributed by atoms with Gasteiger partial charge in [0.2, 0.25) is 0 Å². The molecular formula is C25H22N4O. The number of Topliss-reactive ketones (excluding diaryl/α,β-unsaturated/α-hetero) is 1. The van der Waals surface area contributed by atoms with E-state index in [2.05, 4.69) is 28.2 Å². The summed E-state index contributed by atoms with van der Waals surface area (Å²) < 4.78 is 0. The third kappa shape index (κ3) is 3.16. The van der Waals surface area contributed by atoms with Gasteiger partial charge in [-0.05, 0) is 62.2 Å². The lowest BCUT2D eigenvalue weighted by atomic mass is 9.94. The van der Waals surface area contributed by atoms with Crippen LogP contribution in [0.3, 0.4) is 0 Å². The maximum absolute atomic E-state index is 13.1. The fourth-order valence-corrected chi connectivity index (χ4v) is 4.17. The molecule has 2 aliphatic heterocycles. The van der Waals surface area contributed by atoms with Crippen LogP contribution in [0.5, 0.6) is 0 Å². The van der Waals surface area contributed by atoms with Crippen molar-refractivity contribution in [3.05, 3.63) is 88.0 Å². The number of carbonyl (C=O) groups excluding carboxylic acids is 1. The summed E-state index contributed by atoms with van der Waals surface area (Å²) in [5.41, 5.74) is 9.61. The largest absolute Gasteiger partial charge is 0.292 e. The summed E-state index contributed by atoms with van der Waals surface area (Å²) in [6.07, 6.45) is 2.38. The molecule has 0 radical (unpaired) electrons. The SMILES string of the molecule is Cc1cc(C2=NCc3cc4c(cc32)N=C(C(=O)[C@H](C)c2cccc(C)n2)C4)ccn1. The Morgan fingerprint density at radius 1 is 1.03 bits per heavy atom. The smallest absolute Gasteiger partial charge is 0.186 e. The minimum absolute atomic E-state index is 0.0445. The molecule has 0 bridgehead atoms. The molecule has 0 N–H and O–H groups in total. The molecule has 0 saturated carbocycles. The fourth-order valence-electron chi connectivity index (χ4n) is 4.17. The number of nitrogens with zero attached hydrogens (tertiary/aromatic N) is 4. The summed E-state index contributed by atoms with van der Waals surface area (Å²) in [6.45, 7) is 6.49. The maximum atomic E-state index is 13.1. The van der Waals surface area contributed by atoms with Gasteiger partial charge in [0.1, 0.15) is 0 Å². The monoisotopic (exact) mass is 394 g/mol. The number of ketones is 1. The molecule has 5 nitrogen and oxygen atoms in total. The predicted octanol–water partition coefficient (Wildman–Crippen LogP) is 4.45. The Kier molecular flexibility index (Phi) is 4.39. The maximum Gasteiger partial charge on any atom is 0.186 e. The Bertz CT molecular complexity index is 1260. The van der Waals surface area contributed by atoms with Crippen LogP contribution in [0, 0.1) is 13.8 Å². The van der Waals surface area contributed by atoms with Gasteiger partial charge in [-0.15, -0.1) is 0 Å². The zero-order valence-corrected chi connectivity index (χ0v) is 17.3. The van der Waals surface area contributed by atoms with Gasteiger partial charge in [0, 0.05) is 35.1 Å². The molecule has 4 heterocycles. The molecule has 1 atom stereocenters. The molecule has 2 aliphatic rings. The van der Waals surface area contributed by atoms with Gasteiger partial charge in [0.15, 0.2) is 5.78 Å². The van der Waals surface area contributed by atoms with E-state index in [9.17, 15) is 4.79 Å². The summed E-state index contributed by atoms with van der Waals surface area (Å²) in [5.74, 6) is -0.259. The number of fused-ring (bicyclic) bond motifs is 2. The normalized spacial score (nSPS) is 15.3. The standard InChI is InChI=1S/C25H22N4O/c1-14-5-4-6-21(28-14)16(3)25(30)23-11-18-10-19-13-27-24(20(19)12-22(18)29-23)17-7-8-26-15(2)9-17/h4-10,12,16H,11,13H2,1-3H3/t16-/m1/s1. The zero-order chi connectivity index (χ0) is 20.8. The highest BCUT2D eigenvalue weighted by molar-refractivity contribution is 6.43. The Balaban J connectivity index is 1.45. The van der Waals surface area contributed by atoms with Crippen molar-refractivity contribution in [2.24, 2.45) is 9.98 Å². The molecular weight excluding hydrogens is 372 g/mol. The molecule has 148 valence electrons. The topological polar surface area (TPSA) is 67.6 Å². The molecule has 0 unspecified atom stereocenters. The van der Waals surface area contributed by atoms with Crippen LogP contribution in [0.15, 0.2) is 58.6 Å². The molecule has 0 saturated heterocycles. The number of hydrogen-bond acceptors (Lipinski definition) is 5. The Morgan fingerprint density at radius 3 is 2.70 bits per heavy atom. The number of carbonyl (C=O) groups is 1. The van der Waals surface area contributed by atoms with E-state index in [0.29, 0.717) is 18.7 Å². The molecule has 3 aromatic rings. The van der Waals surface area contributed by atoms with Crippen molar-refractivity contribution in [1.29, 1.82) is 0 Å². The predicted molar refractivity (Wildman–Crippen MR) is 118 cm³/mol. The number of pyridine rings is 2. The van der Waals surface area contributed by atoms with Crippen molar-refractivity contribution in [3.8, 4) is 0 Å². The lowest BCUT2D eigenvalue weighted by Crippen LogP contribution is -2.21. The van der Waals surface area contributed by atoms with Gasteiger partial charge in [-0.25, -0.2) is 4.99 Å². The number of aliphatic imine (C=N–C) groups is 2. The number of aromatic nitrogens is 2. The van der Waals surface area contributed by atoms with Crippen LogP contribution in [0.2, 0.25) is 0 Å². The molecule has 5 rings (SSSR count). The van der Waals surface area contributed by atoms with E-state index in [-0.39, 0.29) is 11.7 Å². The molecule has 0 fully saturated rings. The lowest BCUT2D eigenvalue weighted by Gasteiger charge is -2.10. The van der Waals surface area contributed by atoms with Gasteiger partial charge in [-0.1, -0.05) is 12.1 Å². The fraction of sp³-hybridized carbons (Fsp3) is 0.240. The van der Waals surface area contributed by atoms with Crippen molar-refractivity contribution in [1.82, 2.24) is 9.97 Å². The van der Waals surface area contributed by atoms with Crippen molar-refractivity contribution in [2.75, 3.05) is 0 Å². The first kappa shape index (κ1) is 18.6. The summed E-state index contributed by atoms with van der Waals surface area (Å²) >= 11 is 0. The van der Waals surface area contributed by atoms with Crippen molar-refractivity contribution in [3.63, 3.8) is 0 Å². The van der Waals surface area contributed by atoms with E-state index >= 15 is 0 Å². The van der Waals surface area contributed by atoms with Gasteiger partial charge in [0.05, 0.1) is 35.3 Å². The average molecular weight is 394 g/mol. The number of hydrogen-bond donors (Lipinski definition) is 0. The van der Waals surface area contributed by atoms with Crippen LogP contribution in [0.1, 0.15) is 52.2 Å². The summed E-state index contributed by atoms with van der Waals surface area (Å²) in [4.78, 5) is 31.4. The molecule has 2 aromatic heterocycles. The number of benzene rings is 1. The van der Waals surface area contributed by atoms with Crippen molar-refractivity contribution >= 4 is 22.9 Å². The van der Waals surface area contributed by atoms with Crippen LogP contribution in [-0.2, 0) is 17.8 Å². The number of rotatable bonds is 4. The summed E-state index contributed by atoms with van der Waals surface area (Å²) in [5, 5.41) is 0. The molecule has 30 heavy (non-hydrogen) atoms. The van der Waals surface area contributed by atoms with Gasteiger partial charge in [0.25, 0.3) is 0 Å². The minimum Gasteiger partial charge on any atom is -0.292 e. The van der Waals surface area contributed by atoms with E-state index in [1.165, 1.54) is 5.56 Å². The van der Waals surface area contributed by atoms with Gasteiger partial charge in [-0.2, -0.15) is 0 Å². The van der Waals surface area contributed by atoms with Gasteiger partial charge >= 0.3 is 0 Å². The highest BCUT2D eigenvalue weighted by Gasteiger charge is 2.29. The molecule has 1 aromatic carbocycles. The van der Waals surface area contributed by atoms with Crippen molar-refractivity contribution in [2.45, 2.75) is 39.7 Å². The van der Waals surface area contributed by atoms with Crippen LogP contribution in [0.25, 0.3) is 0 Å². The second-order valence-corrected chi connectivity index (χ2v) is 8.01. The van der Waals surface area contributed by atoms with Crippen LogP contribution in [0.4, 0.5) is 5.69 Å². The van der Waals surface area contributed by atoms with Gasteiger partial charge in [-0.3, -0.25) is 19.8 Å². The Hall–Kier alpha value is -3.47. The third-order valence-electron chi connectivity index (χ3n) is 5.78. The minimum atomic E-state index is -0.304. The van der Waals surface area contributed by atoms with E-state index in [4.69, 9.17) is 9.98 Å². The van der Waals surface area contributed by atoms with Crippen LogP contribution >= 0.6 is 0 Å². The number of aryl methyl sites for hydroxylation is 2. The van der Waals surface area contributed by atoms with Crippen molar-refractivity contribution < 1.29 is 4.79 Å². The first-order chi connectivity index (χ1) is 14.5. The van der Waals surface area contributed by atoms with E-state index in [1.54, 1.807) is 0 Å². The summed E-state index contributed by atoms with van der Waals surface area (Å²) in [7, 11) is 0. The first-order valence-corrected chi connectivity index (χ1v) is 10.2. The summed E-state index contributed by atoms with van der Waals surface area (Å²) in [6, 6.07) is 14.1. The Labute approximate surface area is 175 Å². The zero-order valence-electron chi connectivity index (χ0n) is 17.3. The molecule has 0 spiro atoms. The highest BCUT2D eigenvalue weighted by Crippen LogP contribution is 2.35. The molecule has 5 heteroatoms. The highest BCUT2D eigenvalue weighted by atomic mass is 16.1. The molecule has 0 aliphatic carbocycles. The first-order valence-electron chi connectivity index (χ1n) is 10.2. The average Bonchev–Trinajstić information content (AvgIpc) is 3.34. The van der Waals surface area contributed by atoms with E-state index in [1.807, 2.05) is 51.2 Å². The van der Waals surface area contributed by atoms with Crippen LogP contribution < -0.4 is 0 Å². The van der Waals surface area contributed by atoms with Gasteiger partial charge < -0.3 is 0 Å². The van der Waals surface area contributed by atoms with Crippen LogP contribution in [-0.4, -0.2) is 27.2 Å². The van der Waals surface area contributed by atoms with E-state index < -0.39 is 0 Å². The van der Waals surface area contributed by atoms with E-state index in [0.717, 1.165) is 45.2 Å². The second-order valence-electron chi connectivity index (χ2n) is 8.01. The quantitative estimate of drug-likeness (QED) is 0.657.